The lowest BCUT2D eigenvalue weighted by Gasteiger charge is -2.09. The van der Waals surface area contributed by atoms with Crippen LogP contribution in [0, 0.1) is 11.8 Å². The van der Waals surface area contributed by atoms with E-state index in [1.807, 2.05) is 24.3 Å². The van der Waals surface area contributed by atoms with Crippen molar-refractivity contribution in [3.8, 4) is 0 Å². The van der Waals surface area contributed by atoms with Crippen LogP contribution in [-0.4, -0.2) is 19.4 Å². The molecule has 3 nitrogen and oxygen atoms in total. The summed E-state index contributed by atoms with van der Waals surface area (Å²) in [4.78, 5) is 11.3. The standard InChI is InChI=1S/C17H26O3/c1-5-15(6-2)11-9-13-19-17(18)20-14-10-12-16(7-3)8-4/h5-8,15-16H,1-4,9-14H2. The highest BCUT2D eigenvalue weighted by atomic mass is 16.7. The Morgan fingerprint density at radius 1 is 0.800 bits per heavy atom. The van der Waals surface area contributed by atoms with E-state index < -0.39 is 6.16 Å². The second-order valence-electron chi connectivity index (χ2n) is 4.50. The third kappa shape index (κ3) is 9.20. The van der Waals surface area contributed by atoms with Crippen LogP contribution in [0.4, 0.5) is 4.79 Å². The van der Waals surface area contributed by atoms with E-state index in [9.17, 15) is 4.79 Å². The minimum atomic E-state index is -0.604. The average Bonchev–Trinajstić information content (AvgIpc) is 2.47. The summed E-state index contributed by atoms with van der Waals surface area (Å²) in [5, 5.41) is 0. The van der Waals surface area contributed by atoms with Crippen LogP contribution in [0.3, 0.4) is 0 Å². The maximum atomic E-state index is 11.3. The molecule has 0 bridgehead atoms. The van der Waals surface area contributed by atoms with Crippen LogP contribution in [0.5, 0.6) is 0 Å². The zero-order valence-corrected chi connectivity index (χ0v) is 12.3. The Labute approximate surface area is 122 Å². The number of hydrogen-bond acceptors (Lipinski definition) is 3. The number of carbonyl (C=O) groups is 1. The van der Waals surface area contributed by atoms with Crippen molar-refractivity contribution >= 4 is 6.16 Å². The van der Waals surface area contributed by atoms with Crippen LogP contribution in [0.25, 0.3) is 0 Å². The molecule has 0 fully saturated rings. The molecule has 0 atom stereocenters. The van der Waals surface area contributed by atoms with E-state index in [0.717, 1.165) is 25.7 Å². The molecule has 0 N–H and O–H groups in total. The molecule has 0 radical (unpaired) electrons. The van der Waals surface area contributed by atoms with Crippen molar-refractivity contribution < 1.29 is 14.3 Å². The van der Waals surface area contributed by atoms with E-state index in [1.54, 1.807) is 0 Å². The van der Waals surface area contributed by atoms with Crippen molar-refractivity contribution in [1.29, 1.82) is 0 Å². The van der Waals surface area contributed by atoms with Crippen molar-refractivity contribution in [2.75, 3.05) is 13.2 Å². The first-order chi connectivity index (χ1) is 9.67. The first kappa shape index (κ1) is 18.2. The van der Waals surface area contributed by atoms with Gasteiger partial charge in [-0.1, -0.05) is 24.3 Å². The zero-order valence-electron chi connectivity index (χ0n) is 12.3. The highest BCUT2D eigenvalue weighted by Crippen LogP contribution is 2.10. The molecule has 0 amide bonds. The third-order valence-corrected chi connectivity index (χ3v) is 3.01. The lowest BCUT2D eigenvalue weighted by atomic mass is 10.0. The van der Waals surface area contributed by atoms with Crippen molar-refractivity contribution in [2.24, 2.45) is 11.8 Å². The highest BCUT2D eigenvalue weighted by molar-refractivity contribution is 5.59. The minimum Gasteiger partial charge on any atom is -0.434 e. The summed E-state index contributed by atoms with van der Waals surface area (Å²) in [6, 6.07) is 0. The maximum Gasteiger partial charge on any atom is 0.508 e. The summed E-state index contributed by atoms with van der Waals surface area (Å²) < 4.78 is 9.94. The second-order valence-corrected chi connectivity index (χ2v) is 4.50. The van der Waals surface area contributed by atoms with Crippen molar-refractivity contribution in [2.45, 2.75) is 25.7 Å². The quantitative estimate of drug-likeness (QED) is 0.295. The van der Waals surface area contributed by atoms with Gasteiger partial charge in [0.05, 0.1) is 13.2 Å². The molecule has 0 aliphatic carbocycles. The van der Waals surface area contributed by atoms with E-state index >= 15 is 0 Å². The molecule has 0 aliphatic rings. The maximum absolute atomic E-state index is 11.3. The lowest BCUT2D eigenvalue weighted by Crippen LogP contribution is -2.10. The molecule has 0 aliphatic heterocycles. The summed E-state index contributed by atoms with van der Waals surface area (Å²) in [6.07, 6.45) is 10.0. The summed E-state index contributed by atoms with van der Waals surface area (Å²) in [7, 11) is 0. The summed E-state index contributed by atoms with van der Waals surface area (Å²) in [5.74, 6) is 0.536. The number of carbonyl (C=O) groups excluding carboxylic acids is 1. The van der Waals surface area contributed by atoms with Gasteiger partial charge in [0.25, 0.3) is 0 Å². The SMILES string of the molecule is C=CC(C=C)CCCOC(=O)OCCCC(C=C)C=C. The van der Waals surface area contributed by atoms with Gasteiger partial charge in [-0.05, 0) is 37.5 Å². The molecule has 0 saturated heterocycles. The normalized spacial score (nSPS) is 10.1. The van der Waals surface area contributed by atoms with Gasteiger partial charge >= 0.3 is 6.16 Å². The van der Waals surface area contributed by atoms with Gasteiger partial charge in [0.15, 0.2) is 0 Å². The molecule has 112 valence electrons. The molecular formula is C17H26O3. The van der Waals surface area contributed by atoms with Crippen LogP contribution >= 0.6 is 0 Å². The fourth-order valence-corrected chi connectivity index (χ4v) is 1.65. The Bertz CT molecular complexity index is 274. The van der Waals surface area contributed by atoms with E-state index in [-0.39, 0.29) is 11.8 Å². The van der Waals surface area contributed by atoms with Crippen LogP contribution < -0.4 is 0 Å². The number of hydrogen-bond donors (Lipinski definition) is 0. The molecule has 0 saturated carbocycles. The smallest absolute Gasteiger partial charge is 0.434 e. The van der Waals surface area contributed by atoms with Gasteiger partial charge in [0.2, 0.25) is 0 Å². The Morgan fingerprint density at radius 2 is 1.15 bits per heavy atom. The predicted molar refractivity (Wildman–Crippen MR) is 83.5 cm³/mol. The zero-order chi connectivity index (χ0) is 15.2. The Balaban J connectivity index is 3.54. The molecule has 0 aromatic heterocycles. The summed E-state index contributed by atoms with van der Waals surface area (Å²) >= 11 is 0. The van der Waals surface area contributed by atoms with Gasteiger partial charge in [-0.2, -0.15) is 0 Å². The van der Waals surface area contributed by atoms with E-state index in [0.29, 0.717) is 13.2 Å². The van der Waals surface area contributed by atoms with Crippen molar-refractivity contribution in [1.82, 2.24) is 0 Å². The summed E-state index contributed by atoms with van der Waals surface area (Å²) in [6.45, 7) is 15.5. The molecule has 20 heavy (non-hydrogen) atoms. The summed E-state index contributed by atoms with van der Waals surface area (Å²) in [5.41, 5.74) is 0. The lowest BCUT2D eigenvalue weighted by molar-refractivity contribution is 0.0525. The Hall–Kier alpha value is -1.77. The fraction of sp³-hybridized carbons (Fsp3) is 0.471. The molecule has 0 rings (SSSR count). The van der Waals surface area contributed by atoms with Crippen LogP contribution in [0.2, 0.25) is 0 Å². The molecule has 0 spiro atoms. The molecule has 0 aromatic carbocycles. The van der Waals surface area contributed by atoms with Crippen LogP contribution in [0.1, 0.15) is 25.7 Å². The van der Waals surface area contributed by atoms with Crippen LogP contribution in [-0.2, 0) is 9.47 Å². The monoisotopic (exact) mass is 278 g/mol. The Kier molecular flexibility index (Phi) is 11.2. The van der Waals surface area contributed by atoms with E-state index in [2.05, 4.69) is 26.3 Å². The third-order valence-electron chi connectivity index (χ3n) is 3.01. The second kappa shape index (κ2) is 12.3. The van der Waals surface area contributed by atoms with Crippen molar-refractivity contribution in [3.63, 3.8) is 0 Å². The number of rotatable bonds is 12. The first-order valence-corrected chi connectivity index (χ1v) is 6.97. The average molecular weight is 278 g/mol. The van der Waals surface area contributed by atoms with E-state index in [1.165, 1.54) is 0 Å². The molecule has 0 unspecified atom stereocenters. The molecule has 0 aromatic rings. The predicted octanol–water partition coefficient (Wildman–Crippen LogP) is 4.68. The van der Waals surface area contributed by atoms with Crippen LogP contribution in [0.15, 0.2) is 50.6 Å². The van der Waals surface area contributed by atoms with Crippen molar-refractivity contribution in [3.05, 3.63) is 50.6 Å². The molecule has 0 heterocycles. The van der Waals surface area contributed by atoms with Gasteiger partial charge in [0.1, 0.15) is 0 Å². The fourth-order valence-electron chi connectivity index (χ4n) is 1.65. The first-order valence-electron chi connectivity index (χ1n) is 6.97. The van der Waals surface area contributed by atoms with Gasteiger partial charge in [-0.15, -0.1) is 26.3 Å². The molecular weight excluding hydrogens is 252 g/mol. The van der Waals surface area contributed by atoms with Gasteiger partial charge in [-0.3, -0.25) is 0 Å². The largest absolute Gasteiger partial charge is 0.508 e. The number of ether oxygens (including phenoxy) is 2. The minimum absolute atomic E-state index is 0.268. The molecule has 3 heteroatoms. The Morgan fingerprint density at radius 3 is 1.45 bits per heavy atom. The van der Waals surface area contributed by atoms with Gasteiger partial charge < -0.3 is 9.47 Å². The topological polar surface area (TPSA) is 35.5 Å². The van der Waals surface area contributed by atoms with Gasteiger partial charge in [-0.25, -0.2) is 4.79 Å². The number of allylic oxidation sites excluding steroid dienone is 4. The van der Waals surface area contributed by atoms with E-state index in [4.69, 9.17) is 9.47 Å². The van der Waals surface area contributed by atoms with Gasteiger partial charge in [0, 0.05) is 0 Å². The highest BCUT2D eigenvalue weighted by Gasteiger charge is 2.05.